The molecular formula is C21H28FNO. The summed E-state index contributed by atoms with van der Waals surface area (Å²) in [6, 6.07) is 6.17. The van der Waals surface area contributed by atoms with E-state index in [4.69, 9.17) is 10.00 Å². The molecule has 2 nitrogen and oxygen atoms in total. The van der Waals surface area contributed by atoms with Crippen LogP contribution in [0.15, 0.2) is 30.4 Å². The number of rotatable bonds is 8. The summed E-state index contributed by atoms with van der Waals surface area (Å²) in [4.78, 5) is 0. The molecule has 0 spiro atoms. The zero-order chi connectivity index (χ0) is 17.2. The van der Waals surface area contributed by atoms with Crippen LogP contribution < -0.4 is 4.74 Å². The molecule has 1 aliphatic rings. The number of benzene rings is 1. The van der Waals surface area contributed by atoms with Gasteiger partial charge < -0.3 is 4.74 Å². The fraction of sp³-hybridized carbons (Fsp3) is 0.571. The molecule has 130 valence electrons. The molecule has 0 saturated heterocycles. The first-order chi connectivity index (χ1) is 11.7. The van der Waals surface area contributed by atoms with Crippen molar-refractivity contribution < 1.29 is 9.13 Å². The number of halogens is 1. The minimum absolute atomic E-state index is 0.0496. The summed E-state index contributed by atoms with van der Waals surface area (Å²) >= 11 is 0. The van der Waals surface area contributed by atoms with Gasteiger partial charge in [0.2, 0.25) is 0 Å². The van der Waals surface area contributed by atoms with Crippen molar-refractivity contribution in [2.24, 2.45) is 11.8 Å². The maximum absolute atomic E-state index is 13.5. The average molecular weight is 329 g/mol. The van der Waals surface area contributed by atoms with Gasteiger partial charge in [0, 0.05) is 6.07 Å². The average Bonchev–Trinajstić information content (AvgIpc) is 2.60. The number of hydrogen-bond acceptors (Lipinski definition) is 2. The van der Waals surface area contributed by atoms with Crippen LogP contribution in [0, 0.1) is 29.0 Å². The molecule has 1 saturated carbocycles. The first-order valence-electron chi connectivity index (χ1n) is 9.22. The standard InChI is InChI=1S/C21H28FNO/c1-2-3-4-6-17-8-10-18(11-9-17)7-5-14-24-20-13-12-19(16-23)21(22)15-20/h5,7,12-13,15,17-18H,2-4,6,8-11,14H2,1H3/b7-5+/t17-,18-. The van der Waals surface area contributed by atoms with Crippen molar-refractivity contribution in [2.75, 3.05) is 6.61 Å². The van der Waals surface area contributed by atoms with E-state index in [1.807, 2.05) is 12.1 Å². The molecule has 1 aliphatic carbocycles. The van der Waals surface area contributed by atoms with Crippen LogP contribution in [0.25, 0.3) is 0 Å². The molecule has 3 heteroatoms. The second-order valence-electron chi connectivity index (χ2n) is 6.77. The molecule has 0 radical (unpaired) electrons. The van der Waals surface area contributed by atoms with Crippen molar-refractivity contribution in [3.63, 3.8) is 0 Å². The lowest BCUT2D eigenvalue weighted by atomic mass is 9.79. The van der Waals surface area contributed by atoms with Crippen molar-refractivity contribution >= 4 is 0 Å². The summed E-state index contributed by atoms with van der Waals surface area (Å²) in [5.41, 5.74) is 0.0496. The van der Waals surface area contributed by atoms with Gasteiger partial charge in [-0.15, -0.1) is 0 Å². The van der Waals surface area contributed by atoms with E-state index in [0.29, 0.717) is 18.3 Å². The van der Waals surface area contributed by atoms with Gasteiger partial charge in [-0.25, -0.2) is 4.39 Å². The van der Waals surface area contributed by atoms with E-state index in [0.717, 1.165) is 5.92 Å². The molecule has 1 aromatic carbocycles. The van der Waals surface area contributed by atoms with Crippen molar-refractivity contribution in [3.8, 4) is 11.8 Å². The molecule has 0 N–H and O–H groups in total. The molecule has 0 unspecified atom stereocenters. The number of nitrogens with zero attached hydrogens (tertiary/aromatic N) is 1. The summed E-state index contributed by atoms with van der Waals surface area (Å²) in [5, 5.41) is 8.70. The van der Waals surface area contributed by atoms with E-state index >= 15 is 0 Å². The van der Waals surface area contributed by atoms with Crippen LogP contribution in [0.1, 0.15) is 63.9 Å². The van der Waals surface area contributed by atoms with E-state index in [1.54, 1.807) is 6.07 Å². The van der Waals surface area contributed by atoms with E-state index < -0.39 is 5.82 Å². The first kappa shape index (κ1) is 18.5. The quantitative estimate of drug-likeness (QED) is 0.431. The summed E-state index contributed by atoms with van der Waals surface area (Å²) < 4.78 is 19.0. The molecule has 0 amide bonds. The molecule has 1 fully saturated rings. The number of nitriles is 1. The van der Waals surface area contributed by atoms with Gasteiger partial charge in [-0.05, 0) is 49.7 Å². The fourth-order valence-corrected chi connectivity index (χ4v) is 3.42. The summed E-state index contributed by atoms with van der Waals surface area (Å²) in [5.74, 6) is 1.53. The van der Waals surface area contributed by atoms with Gasteiger partial charge in [0.05, 0.1) is 5.56 Å². The molecule has 1 aromatic rings. The van der Waals surface area contributed by atoms with Crippen LogP contribution in [0.2, 0.25) is 0 Å². The minimum Gasteiger partial charge on any atom is -0.489 e. The molecule has 24 heavy (non-hydrogen) atoms. The highest BCUT2D eigenvalue weighted by atomic mass is 19.1. The second kappa shape index (κ2) is 10.1. The Hall–Kier alpha value is -1.82. The maximum atomic E-state index is 13.5. The normalized spacial score (nSPS) is 20.9. The lowest BCUT2D eigenvalue weighted by Gasteiger charge is -2.26. The Kier molecular flexibility index (Phi) is 7.82. The fourth-order valence-electron chi connectivity index (χ4n) is 3.42. The van der Waals surface area contributed by atoms with Crippen LogP contribution in [0.4, 0.5) is 4.39 Å². The summed E-state index contributed by atoms with van der Waals surface area (Å²) in [6.07, 6.45) is 15.0. The van der Waals surface area contributed by atoms with Crippen LogP contribution in [-0.4, -0.2) is 6.61 Å². The van der Waals surface area contributed by atoms with Gasteiger partial charge in [0.1, 0.15) is 24.2 Å². The van der Waals surface area contributed by atoms with E-state index in [2.05, 4.69) is 13.0 Å². The zero-order valence-corrected chi connectivity index (χ0v) is 14.6. The highest BCUT2D eigenvalue weighted by Crippen LogP contribution is 2.32. The van der Waals surface area contributed by atoms with Crippen LogP contribution in [-0.2, 0) is 0 Å². The van der Waals surface area contributed by atoms with Gasteiger partial charge in [-0.1, -0.05) is 44.8 Å². The Bertz CT molecular complexity index is 568. The van der Waals surface area contributed by atoms with Gasteiger partial charge in [0.25, 0.3) is 0 Å². The summed E-state index contributed by atoms with van der Waals surface area (Å²) in [7, 11) is 0. The Morgan fingerprint density at radius 3 is 2.71 bits per heavy atom. The SMILES string of the molecule is CCCCC[C@H]1CC[C@H](/C=C/COc2ccc(C#N)c(F)c2)CC1. The topological polar surface area (TPSA) is 33.0 Å². The molecule has 2 rings (SSSR count). The molecule has 0 aliphatic heterocycles. The zero-order valence-electron chi connectivity index (χ0n) is 14.6. The number of allylic oxidation sites excluding steroid dienone is 1. The van der Waals surface area contributed by atoms with Crippen molar-refractivity contribution in [1.82, 2.24) is 0 Å². The van der Waals surface area contributed by atoms with Crippen LogP contribution >= 0.6 is 0 Å². The third-order valence-electron chi connectivity index (χ3n) is 4.92. The minimum atomic E-state index is -0.527. The third kappa shape index (κ3) is 6.00. The van der Waals surface area contributed by atoms with Crippen LogP contribution in [0.5, 0.6) is 5.75 Å². The van der Waals surface area contributed by atoms with Gasteiger partial charge in [-0.3, -0.25) is 0 Å². The van der Waals surface area contributed by atoms with E-state index in [1.165, 1.54) is 63.5 Å². The summed E-state index contributed by atoms with van der Waals surface area (Å²) in [6.45, 7) is 2.71. The molecule has 0 heterocycles. The van der Waals surface area contributed by atoms with Gasteiger partial charge >= 0.3 is 0 Å². The van der Waals surface area contributed by atoms with Gasteiger partial charge in [-0.2, -0.15) is 5.26 Å². The second-order valence-corrected chi connectivity index (χ2v) is 6.77. The van der Waals surface area contributed by atoms with E-state index in [9.17, 15) is 4.39 Å². The van der Waals surface area contributed by atoms with Crippen molar-refractivity contribution in [3.05, 3.63) is 41.7 Å². The Morgan fingerprint density at radius 1 is 1.25 bits per heavy atom. The number of hydrogen-bond donors (Lipinski definition) is 0. The number of unbranched alkanes of at least 4 members (excludes halogenated alkanes) is 2. The molecular weight excluding hydrogens is 301 g/mol. The third-order valence-corrected chi connectivity index (χ3v) is 4.92. The Labute approximate surface area is 145 Å². The Balaban J connectivity index is 1.66. The monoisotopic (exact) mass is 329 g/mol. The van der Waals surface area contributed by atoms with E-state index in [-0.39, 0.29) is 5.56 Å². The predicted octanol–water partition coefficient (Wildman–Crippen LogP) is 6.02. The lowest BCUT2D eigenvalue weighted by molar-refractivity contribution is 0.288. The highest BCUT2D eigenvalue weighted by molar-refractivity contribution is 5.36. The van der Waals surface area contributed by atoms with Crippen molar-refractivity contribution in [2.45, 2.75) is 58.3 Å². The maximum Gasteiger partial charge on any atom is 0.144 e. The van der Waals surface area contributed by atoms with Gasteiger partial charge in [0.15, 0.2) is 0 Å². The number of ether oxygens (including phenoxy) is 1. The lowest BCUT2D eigenvalue weighted by Crippen LogP contribution is -2.13. The highest BCUT2D eigenvalue weighted by Gasteiger charge is 2.18. The van der Waals surface area contributed by atoms with Crippen molar-refractivity contribution in [1.29, 1.82) is 5.26 Å². The molecule has 0 atom stereocenters. The largest absolute Gasteiger partial charge is 0.489 e. The molecule has 0 aromatic heterocycles. The Morgan fingerprint density at radius 2 is 2.04 bits per heavy atom. The first-order valence-corrected chi connectivity index (χ1v) is 9.22. The molecule has 0 bridgehead atoms. The van der Waals surface area contributed by atoms with Crippen LogP contribution in [0.3, 0.4) is 0 Å². The smallest absolute Gasteiger partial charge is 0.144 e. The predicted molar refractivity (Wildman–Crippen MR) is 95.3 cm³/mol.